The number of amides is 1. The highest BCUT2D eigenvalue weighted by molar-refractivity contribution is 7.92. The van der Waals surface area contributed by atoms with Crippen molar-refractivity contribution in [2.75, 3.05) is 19.8 Å². The van der Waals surface area contributed by atoms with Gasteiger partial charge in [-0.1, -0.05) is 6.07 Å². The molecule has 0 radical (unpaired) electrons. The van der Waals surface area contributed by atoms with Crippen molar-refractivity contribution in [2.24, 2.45) is 11.8 Å². The maximum absolute atomic E-state index is 12.9. The predicted molar refractivity (Wildman–Crippen MR) is 101 cm³/mol. The number of benzene rings is 1. The fourth-order valence-corrected chi connectivity index (χ4v) is 5.87. The van der Waals surface area contributed by atoms with Crippen LogP contribution in [0.2, 0.25) is 0 Å². The number of alkyl halides is 3. The van der Waals surface area contributed by atoms with Crippen LogP contribution >= 0.6 is 0 Å². The topological polar surface area (TPSA) is 72.5 Å². The molecule has 1 heterocycles. The van der Waals surface area contributed by atoms with Gasteiger partial charge in [0.15, 0.2) is 9.84 Å². The summed E-state index contributed by atoms with van der Waals surface area (Å²) in [4.78, 5) is 11.9. The van der Waals surface area contributed by atoms with E-state index in [-0.39, 0.29) is 22.6 Å². The van der Waals surface area contributed by atoms with Gasteiger partial charge in [-0.15, -0.1) is 0 Å². The van der Waals surface area contributed by atoms with Gasteiger partial charge in [-0.25, -0.2) is 8.42 Å². The number of ether oxygens (including phenoxy) is 1. The van der Waals surface area contributed by atoms with E-state index in [1.54, 1.807) is 0 Å². The summed E-state index contributed by atoms with van der Waals surface area (Å²) in [6, 6.07) is 3.95. The van der Waals surface area contributed by atoms with Crippen molar-refractivity contribution in [2.45, 2.75) is 54.8 Å². The predicted octanol–water partition coefficient (Wildman–Crippen LogP) is 3.58. The Morgan fingerprint density at radius 1 is 1.07 bits per heavy atom. The van der Waals surface area contributed by atoms with Crippen molar-refractivity contribution >= 4 is 15.7 Å². The van der Waals surface area contributed by atoms with Crippen molar-refractivity contribution in [3.63, 3.8) is 0 Å². The van der Waals surface area contributed by atoms with E-state index in [9.17, 15) is 26.4 Å². The molecule has 29 heavy (non-hydrogen) atoms. The molecular weight excluding hydrogens is 407 g/mol. The van der Waals surface area contributed by atoms with Crippen LogP contribution in [0.15, 0.2) is 29.2 Å². The third-order valence-corrected chi connectivity index (χ3v) is 8.14. The molecule has 1 aromatic rings. The van der Waals surface area contributed by atoms with Gasteiger partial charge in [0.05, 0.1) is 15.7 Å². The van der Waals surface area contributed by atoms with E-state index >= 15 is 0 Å². The largest absolute Gasteiger partial charge is 0.416 e. The minimum atomic E-state index is -4.58. The number of nitrogens with one attached hydrogen (secondary N) is 1. The van der Waals surface area contributed by atoms with Gasteiger partial charge in [0.2, 0.25) is 5.91 Å². The van der Waals surface area contributed by atoms with Crippen molar-refractivity contribution in [1.82, 2.24) is 5.32 Å². The van der Waals surface area contributed by atoms with Crippen LogP contribution in [-0.4, -0.2) is 39.3 Å². The van der Waals surface area contributed by atoms with Crippen molar-refractivity contribution in [3.05, 3.63) is 29.8 Å². The summed E-state index contributed by atoms with van der Waals surface area (Å²) in [7, 11) is -3.82. The Kier molecular flexibility index (Phi) is 6.88. The number of carbonyl (C=O) groups excluding carboxylic acids is 1. The third kappa shape index (κ3) is 5.51. The second-order valence-electron chi connectivity index (χ2n) is 7.85. The SMILES string of the molecule is O=C(NC[C@H]1CC[C@H](S(=O)(=O)c2cccc(C(F)(F)F)c2)CC1)C1CCOCC1. The number of halogens is 3. The maximum atomic E-state index is 12.9. The number of rotatable bonds is 5. The molecule has 0 aromatic heterocycles. The molecular formula is C20H26F3NO4S. The molecule has 2 fully saturated rings. The molecule has 2 aliphatic rings. The molecule has 1 N–H and O–H groups in total. The lowest BCUT2D eigenvalue weighted by atomic mass is 9.88. The Morgan fingerprint density at radius 3 is 2.34 bits per heavy atom. The zero-order valence-electron chi connectivity index (χ0n) is 16.1. The lowest BCUT2D eigenvalue weighted by Crippen LogP contribution is -2.38. The first-order valence-corrected chi connectivity index (χ1v) is 11.5. The molecule has 1 aliphatic carbocycles. The first kappa shape index (κ1) is 22.1. The second kappa shape index (κ2) is 9.04. The normalized spacial score (nSPS) is 24.2. The van der Waals surface area contributed by atoms with E-state index in [1.165, 1.54) is 6.07 Å². The van der Waals surface area contributed by atoms with E-state index in [1.807, 2.05) is 0 Å². The lowest BCUT2D eigenvalue weighted by molar-refractivity contribution is -0.137. The van der Waals surface area contributed by atoms with Crippen LogP contribution in [-0.2, 0) is 25.5 Å². The first-order chi connectivity index (χ1) is 13.7. The third-order valence-electron chi connectivity index (χ3n) is 5.88. The van der Waals surface area contributed by atoms with Crippen molar-refractivity contribution in [3.8, 4) is 0 Å². The molecule has 0 bridgehead atoms. The standard InChI is InChI=1S/C20H26F3NO4S/c21-20(22,23)16-2-1-3-18(12-16)29(26,27)17-6-4-14(5-7-17)13-24-19(25)15-8-10-28-11-9-15/h1-3,12,14-15,17H,4-11,13H2,(H,24,25)/t14-,17-. The van der Waals surface area contributed by atoms with Crippen LogP contribution in [0, 0.1) is 11.8 Å². The van der Waals surface area contributed by atoms with Crippen LogP contribution in [0.3, 0.4) is 0 Å². The molecule has 0 unspecified atom stereocenters. The quantitative estimate of drug-likeness (QED) is 0.771. The summed E-state index contributed by atoms with van der Waals surface area (Å²) < 4.78 is 69.5. The lowest BCUT2D eigenvalue weighted by Gasteiger charge is -2.29. The molecule has 0 atom stereocenters. The van der Waals surface area contributed by atoms with Gasteiger partial charge in [-0.3, -0.25) is 4.79 Å². The van der Waals surface area contributed by atoms with Gasteiger partial charge in [0, 0.05) is 25.7 Å². The van der Waals surface area contributed by atoms with Crippen LogP contribution in [0.4, 0.5) is 13.2 Å². The second-order valence-corrected chi connectivity index (χ2v) is 10.1. The molecule has 5 nitrogen and oxygen atoms in total. The van der Waals surface area contributed by atoms with E-state index in [4.69, 9.17) is 4.74 Å². The summed E-state index contributed by atoms with van der Waals surface area (Å²) in [5, 5.41) is 2.28. The highest BCUT2D eigenvalue weighted by Crippen LogP contribution is 2.35. The Labute approximate surface area is 168 Å². The first-order valence-electron chi connectivity index (χ1n) is 9.94. The van der Waals surface area contributed by atoms with Gasteiger partial charge >= 0.3 is 6.18 Å². The van der Waals surface area contributed by atoms with Crippen molar-refractivity contribution < 1.29 is 31.1 Å². The summed E-state index contributed by atoms with van der Waals surface area (Å²) in [6.45, 7) is 1.69. The Bertz CT molecular complexity index is 811. The zero-order chi connectivity index (χ0) is 21.1. The fraction of sp³-hybridized carbons (Fsp3) is 0.650. The van der Waals surface area contributed by atoms with Crippen LogP contribution in [0.25, 0.3) is 0 Å². The minimum absolute atomic E-state index is 0.0204. The number of hydrogen-bond acceptors (Lipinski definition) is 4. The van der Waals surface area contributed by atoms with Crippen LogP contribution in [0.5, 0.6) is 0 Å². The average Bonchev–Trinajstić information content (AvgIpc) is 2.72. The Balaban J connectivity index is 1.54. The summed E-state index contributed by atoms with van der Waals surface area (Å²) in [5.74, 6) is 0.181. The number of hydrogen-bond donors (Lipinski definition) is 1. The molecule has 1 saturated heterocycles. The van der Waals surface area contributed by atoms with Gasteiger partial charge in [-0.05, 0) is 62.6 Å². The molecule has 1 amide bonds. The highest BCUT2D eigenvalue weighted by atomic mass is 32.2. The average molecular weight is 433 g/mol. The van der Waals surface area contributed by atoms with Crippen LogP contribution in [0.1, 0.15) is 44.1 Å². The molecule has 9 heteroatoms. The van der Waals surface area contributed by atoms with Gasteiger partial charge < -0.3 is 10.1 Å². The van der Waals surface area contributed by atoms with E-state index in [0.29, 0.717) is 58.3 Å². The monoisotopic (exact) mass is 433 g/mol. The van der Waals surface area contributed by atoms with Gasteiger partial charge in [0.1, 0.15) is 0 Å². The number of sulfone groups is 1. The molecule has 1 aliphatic heterocycles. The maximum Gasteiger partial charge on any atom is 0.416 e. The number of carbonyl (C=O) groups is 1. The zero-order valence-corrected chi connectivity index (χ0v) is 16.9. The smallest absolute Gasteiger partial charge is 0.381 e. The van der Waals surface area contributed by atoms with Crippen LogP contribution < -0.4 is 5.32 Å². The summed E-state index contributed by atoms with van der Waals surface area (Å²) >= 11 is 0. The molecule has 1 aromatic carbocycles. The summed E-state index contributed by atoms with van der Waals surface area (Å²) in [6.07, 6.45) is -1.13. The Morgan fingerprint density at radius 2 is 1.72 bits per heavy atom. The Hall–Kier alpha value is -1.61. The summed E-state index contributed by atoms with van der Waals surface area (Å²) in [5.41, 5.74) is -0.955. The van der Waals surface area contributed by atoms with Gasteiger partial charge in [-0.2, -0.15) is 13.2 Å². The minimum Gasteiger partial charge on any atom is -0.381 e. The van der Waals surface area contributed by atoms with Crippen molar-refractivity contribution in [1.29, 1.82) is 0 Å². The molecule has 3 rings (SSSR count). The molecule has 1 saturated carbocycles. The van der Waals surface area contributed by atoms with Gasteiger partial charge in [0.25, 0.3) is 0 Å². The van der Waals surface area contributed by atoms with E-state index in [0.717, 1.165) is 18.2 Å². The highest BCUT2D eigenvalue weighted by Gasteiger charge is 2.35. The molecule has 0 spiro atoms. The fourth-order valence-electron chi connectivity index (χ4n) is 4.04. The van der Waals surface area contributed by atoms with E-state index in [2.05, 4.69) is 5.32 Å². The molecule has 162 valence electrons. The van der Waals surface area contributed by atoms with E-state index < -0.39 is 26.8 Å².